The summed E-state index contributed by atoms with van der Waals surface area (Å²) in [7, 11) is 0. The Morgan fingerprint density at radius 2 is 2.00 bits per heavy atom. The van der Waals surface area contributed by atoms with Crippen LogP contribution >= 0.6 is 11.6 Å². The summed E-state index contributed by atoms with van der Waals surface area (Å²) >= 11 is 6.09. The van der Waals surface area contributed by atoms with E-state index in [0.717, 1.165) is 23.9 Å². The van der Waals surface area contributed by atoms with Gasteiger partial charge in [-0.1, -0.05) is 35.9 Å². The van der Waals surface area contributed by atoms with Crippen LogP contribution in [0.4, 0.5) is 11.5 Å². The molecule has 0 aliphatic heterocycles. The van der Waals surface area contributed by atoms with Crippen molar-refractivity contribution in [2.45, 2.75) is 6.42 Å². The first kappa shape index (κ1) is 13.6. The minimum atomic E-state index is 0.533. The number of nitrogens with two attached hydrogens (primary N) is 1. The molecule has 3 rings (SSSR count). The van der Waals surface area contributed by atoms with Gasteiger partial charge in [-0.05, 0) is 24.1 Å². The molecular weight excluding hydrogens is 284 g/mol. The number of benzene rings is 1. The van der Waals surface area contributed by atoms with Crippen molar-refractivity contribution in [3.8, 4) is 0 Å². The van der Waals surface area contributed by atoms with Crippen molar-refractivity contribution < 1.29 is 0 Å². The Morgan fingerprint density at radius 1 is 1.14 bits per heavy atom. The highest BCUT2D eigenvalue weighted by molar-refractivity contribution is 6.33. The third-order valence-corrected chi connectivity index (χ3v) is 3.55. The summed E-state index contributed by atoms with van der Waals surface area (Å²) in [5, 5.41) is 4.91. The van der Waals surface area contributed by atoms with Gasteiger partial charge in [0.05, 0.1) is 22.4 Å². The quantitative estimate of drug-likeness (QED) is 0.773. The number of rotatable bonds is 4. The zero-order valence-electron chi connectivity index (χ0n) is 11.4. The average molecular weight is 299 g/mol. The van der Waals surface area contributed by atoms with E-state index in [2.05, 4.69) is 33.5 Å². The lowest BCUT2D eigenvalue weighted by Gasteiger charge is -2.09. The van der Waals surface area contributed by atoms with Gasteiger partial charge in [0.25, 0.3) is 0 Å². The maximum absolute atomic E-state index is 6.09. The van der Waals surface area contributed by atoms with E-state index in [-0.39, 0.29) is 0 Å². The van der Waals surface area contributed by atoms with E-state index in [0.29, 0.717) is 16.5 Å². The molecule has 0 fully saturated rings. The van der Waals surface area contributed by atoms with Crippen LogP contribution < -0.4 is 11.1 Å². The first-order valence-corrected chi connectivity index (χ1v) is 7.09. The molecule has 2 heterocycles. The van der Waals surface area contributed by atoms with Gasteiger partial charge < -0.3 is 11.1 Å². The molecule has 3 N–H and O–H groups in total. The van der Waals surface area contributed by atoms with Crippen LogP contribution in [0.2, 0.25) is 5.02 Å². The van der Waals surface area contributed by atoms with Crippen molar-refractivity contribution in [2.24, 2.45) is 0 Å². The molecule has 0 spiro atoms. The third kappa shape index (κ3) is 3.06. The minimum Gasteiger partial charge on any atom is -0.397 e. The Bertz CT molecular complexity index is 768. The SMILES string of the molecule is Nc1cnc(NCCc2cccc3cccnc23)c(Cl)c1. The van der Waals surface area contributed by atoms with Gasteiger partial charge in [0.1, 0.15) is 5.82 Å². The van der Waals surface area contributed by atoms with Crippen LogP contribution in [0.15, 0.2) is 48.8 Å². The predicted octanol–water partition coefficient (Wildman–Crippen LogP) is 3.52. The van der Waals surface area contributed by atoms with Gasteiger partial charge in [-0.15, -0.1) is 0 Å². The normalized spacial score (nSPS) is 10.7. The van der Waals surface area contributed by atoms with E-state index in [1.54, 1.807) is 12.3 Å². The summed E-state index contributed by atoms with van der Waals surface area (Å²) in [4.78, 5) is 8.64. The van der Waals surface area contributed by atoms with Gasteiger partial charge in [0.15, 0.2) is 0 Å². The Kier molecular flexibility index (Phi) is 3.88. The van der Waals surface area contributed by atoms with E-state index in [9.17, 15) is 0 Å². The van der Waals surface area contributed by atoms with Gasteiger partial charge in [-0.25, -0.2) is 4.98 Å². The molecule has 3 aromatic rings. The number of pyridine rings is 2. The largest absolute Gasteiger partial charge is 0.397 e. The highest BCUT2D eigenvalue weighted by Gasteiger charge is 2.04. The second kappa shape index (κ2) is 5.97. The van der Waals surface area contributed by atoms with Crippen LogP contribution in [-0.2, 0) is 6.42 Å². The number of hydrogen-bond donors (Lipinski definition) is 2. The number of anilines is 2. The smallest absolute Gasteiger partial charge is 0.144 e. The summed E-state index contributed by atoms with van der Waals surface area (Å²) in [5.41, 5.74) is 8.43. The number of hydrogen-bond acceptors (Lipinski definition) is 4. The van der Waals surface area contributed by atoms with E-state index < -0.39 is 0 Å². The van der Waals surface area contributed by atoms with Crippen LogP contribution in [0, 0.1) is 0 Å². The highest BCUT2D eigenvalue weighted by atomic mass is 35.5. The van der Waals surface area contributed by atoms with E-state index in [1.807, 2.05) is 18.3 Å². The van der Waals surface area contributed by atoms with E-state index in [4.69, 9.17) is 17.3 Å². The topological polar surface area (TPSA) is 63.8 Å². The average Bonchev–Trinajstić information content (AvgIpc) is 2.50. The molecule has 4 nitrogen and oxygen atoms in total. The summed E-state index contributed by atoms with van der Waals surface area (Å²) in [6.07, 6.45) is 4.25. The molecular formula is C16H15ClN4. The van der Waals surface area contributed by atoms with Crippen LogP contribution in [-0.4, -0.2) is 16.5 Å². The molecule has 0 saturated carbocycles. The number of nitrogen functional groups attached to an aromatic ring is 1. The number of aromatic nitrogens is 2. The van der Waals surface area contributed by atoms with Crippen LogP contribution in [0.1, 0.15) is 5.56 Å². The lowest BCUT2D eigenvalue weighted by atomic mass is 10.1. The Morgan fingerprint density at radius 3 is 2.86 bits per heavy atom. The van der Waals surface area contributed by atoms with Gasteiger partial charge in [-0.2, -0.15) is 0 Å². The van der Waals surface area contributed by atoms with Crippen molar-refractivity contribution in [1.29, 1.82) is 0 Å². The van der Waals surface area contributed by atoms with Crippen LogP contribution in [0.5, 0.6) is 0 Å². The molecule has 106 valence electrons. The molecule has 5 heteroatoms. The molecule has 0 bridgehead atoms. The molecule has 2 aromatic heterocycles. The Balaban J connectivity index is 1.72. The number of fused-ring (bicyclic) bond motifs is 1. The maximum atomic E-state index is 6.09. The zero-order valence-corrected chi connectivity index (χ0v) is 12.1. The van der Waals surface area contributed by atoms with Crippen molar-refractivity contribution in [2.75, 3.05) is 17.6 Å². The maximum Gasteiger partial charge on any atom is 0.144 e. The lowest BCUT2D eigenvalue weighted by Crippen LogP contribution is -2.07. The molecule has 21 heavy (non-hydrogen) atoms. The molecule has 0 aliphatic carbocycles. The summed E-state index contributed by atoms with van der Waals surface area (Å²) < 4.78 is 0. The van der Waals surface area contributed by atoms with Gasteiger partial charge in [0.2, 0.25) is 0 Å². The number of halogens is 1. The Hall–Kier alpha value is -2.33. The second-order valence-corrected chi connectivity index (χ2v) is 5.18. The fourth-order valence-electron chi connectivity index (χ4n) is 2.27. The van der Waals surface area contributed by atoms with E-state index in [1.165, 1.54) is 5.56 Å². The molecule has 0 unspecified atom stereocenters. The van der Waals surface area contributed by atoms with Crippen molar-refractivity contribution in [3.05, 3.63) is 59.4 Å². The molecule has 0 atom stereocenters. The zero-order chi connectivity index (χ0) is 14.7. The predicted molar refractivity (Wildman–Crippen MR) is 87.6 cm³/mol. The monoisotopic (exact) mass is 298 g/mol. The standard InChI is InChI=1S/C16H15ClN4/c17-14-9-13(18)10-21-16(14)20-8-6-12-4-1-3-11-5-2-7-19-15(11)12/h1-5,7,9-10H,6,8,18H2,(H,20,21). The van der Waals surface area contributed by atoms with Gasteiger partial charge >= 0.3 is 0 Å². The third-order valence-electron chi connectivity index (χ3n) is 3.27. The second-order valence-electron chi connectivity index (χ2n) is 4.77. The van der Waals surface area contributed by atoms with Crippen LogP contribution in [0.3, 0.4) is 0 Å². The van der Waals surface area contributed by atoms with Crippen molar-refractivity contribution in [3.63, 3.8) is 0 Å². The first-order valence-electron chi connectivity index (χ1n) is 6.71. The molecule has 0 saturated heterocycles. The summed E-state index contributed by atoms with van der Waals surface area (Å²) in [6, 6.07) is 11.9. The Labute approximate surface area is 128 Å². The van der Waals surface area contributed by atoms with E-state index >= 15 is 0 Å². The van der Waals surface area contributed by atoms with Crippen molar-refractivity contribution >= 4 is 34.0 Å². The molecule has 0 amide bonds. The molecule has 1 aromatic carbocycles. The first-order chi connectivity index (χ1) is 10.2. The molecule has 0 aliphatic rings. The minimum absolute atomic E-state index is 0.533. The number of nitrogens with zero attached hydrogens (tertiary/aromatic N) is 2. The number of para-hydroxylation sites is 1. The summed E-state index contributed by atoms with van der Waals surface area (Å²) in [5.74, 6) is 0.652. The van der Waals surface area contributed by atoms with Crippen LogP contribution in [0.25, 0.3) is 10.9 Å². The highest BCUT2D eigenvalue weighted by Crippen LogP contribution is 2.21. The lowest BCUT2D eigenvalue weighted by molar-refractivity contribution is 1.01. The number of nitrogens with one attached hydrogen (secondary N) is 1. The summed E-state index contributed by atoms with van der Waals surface area (Å²) in [6.45, 7) is 0.728. The van der Waals surface area contributed by atoms with Crippen molar-refractivity contribution in [1.82, 2.24) is 9.97 Å². The van der Waals surface area contributed by atoms with Gasteiger partial charge in [-0.3, -0.25) is 4.98 Å². The fourth-order valence-corrected chi connectivity index (χ4v) is 2.51. The molecule has 0 radical (unpaired) electrons. The fraction of sp³-hybridized carbons (Fsp3) is 0.125. The van der Waals surface area contributed by atoms with Gasteiger partial charge in [0, 0.05) is 18.1 Å².